The average Bonchev–Trinajstić information content (AvgIpc) is 2.78. The monoisotopic (exact) mass is 426 g/mol. The highest BCUT2D eigenvalue weighted by atomic mass is 32.2. The zero-order chi connectivity index (χ0) is 21.3. The number of pyridine rings is 1. The van der Waals surface area contributed by atoms with E-state index in [4.69, 9.17) is 9.47 Å². The van der Waals surface area contributed by atoms with E-state index >= 15 is 0 Å². The number of halogens is 1. The van der Waals surface area contributed by atoms with Crippen LogP contribution in [0, 0.1) is 5.82 Å². The van der Waals surface area contributed by atoms with Crippen LogP contribution in [0.25, 0.3) is 0 Å². The van der Waals surface area contributed by atoms with Crippen molar-refractivity contribution in [3.63, 3.8) is 0 Å². The minimum atomic E-state index is -0.262. The van der Waals surface area contributed by atoms with Gasteiger partial charge in [-0.15, -0.1) is 11.8 Å². The minimum Gasteiger partial charge on any atom is -0.493 e. The van der Waals surface area contributed by atoms with Gasteiger partial charge in [0.25, 0.3) is 5.91 Å². The van der Waals surface area contributed by atoms with Gasteiger partial charge in [0.05, 0.1) is 19.8 Å². The molecule has 0 atom stereocenters. The lowest BCUT2D eigenvalue weighted by atomic mass is 10.1. The number of ether oxygens (including phenoxy) is 2. The van der Waals surface area contributed by atoms with Gasteiger partial charge >= 0.3 is 0 Å². The van der Waals surface area contributed by atoms with Crippen LogP contribution < -0.4 is 14.8 Å². The molecule has 0 saturated carbocycles. The molecule has 0 spiro atoms. The summed E-state index contributed by atoms with van der Waals surface area (Å²) in [7, 11) is 3.18. The number of carbonyl (C=O) groups excluding carboxylic acids is 1. The van der Waals surface area contributed by atoms with Crippen LogP contribution in [0.4, 0.5) is 4.39 Å². The molecule has 156 valence electrons. The summed E-state index contributed by atoms with van der Waals surface area (Å²) in [5, 5.41) is 3.50. The van der Waals surface area contributed by atoms with E-state index < -0.39 is 0 Å². The van der Waals surface area contributed by atoms with Crippen molar-refractivity contribution in [2.24, 2.45) is 0 Å². The summed E-state index contributed by atoms with van der Waals surface area (Å²) in [4.78, 5) is 17.0. The third-order valence-electron chi connectivity index (χ3n) is 4.49. The molecular formula is C23H23FN2O3S. The molecule has 0 aliphatic heterocycles. The predicted octanol–water partition coefficient (Wildman–Crippen LogP) is 4.50. The maximum absolute atomic E-state index is 13.9. The number of hydrogen-bond acceptors (Lipinski definition) is 5. The molecule has 1 heterocycles. The third-order valence-corrected chi connectivity index (χ3v) is 5.54. The van der Waals surface area contributed by atoms with Gasteiger partial charge in [0.2, 0.25) is 0 Å². The highest BCUT2D eigenvalue weighted by Gasteiger charge is 2.13. The highest BCUT2D eigenvalue weighted by Crippen LogP contribution is 2.28. The van der Waals surface area contributed by atoms with E-state index in [9.17, 15) is 9.18 Å². The number of methoxy groups -OCH3 is 2. The first-order chi connectivity index (χ1) is 14.6. The normalized spacial score (nSPS) is 10.5. The Balaban J connectivity index is 1.60. The van der Waals surface area contributed by atoms with Crippen molar-refractivity contribution in [3.8, 4) is 11.5 Å². The van der Waals surface area contributed by atoms with Gasteiger partial charge in [0.15, 0.2) is 11.5 Å². The smallest absolute Gasteiger partial charge is 0.254 e. The molecule has 5 nitrogen and oxygen atoms in total. The quantitative estimate of drug-likeness (QED) is 0.511. The Morgan fingerprint density at radius 2 is 1.87 bits per heavy atom. The third kappa shape index (κ3) is 5.51. The molecule has 0 bridgehead atoms. The zero-order valence-electron chi connectivity index (χ0n) is 16.9. The van der Waals surface area contributed by atoms with Gasteiger partial charge in [-0.2, -0.15) is 0 Å². The van der Waals surface area contributed by atoms with Crippen LogP contribution in [0.5, 0.6) is 11.5 Å². The molecule has 0 aliphatic rings. The van der Waals surface area contributed by atoms with Gasteiger partial charge in [-0.3, -0.25) is 4.79 Å². The summed E-state index contributed by atoms with van der Waals surface area (Å²) in [6.07, 6.45) is 2.27. The van der Waals surface area contributed by atoms with E-state index in [1.807, 2.05) is 18.2 Å². The van der Waals surface area contributed by atoms with E-state index in [0.29, 0.717) is 46.4 Å². The molecule has 30 heavy (non-hydrogen) atoms. The van der Waals surface area contributed by atoms with Crippen molar-refractivity contribution in [1.82, 2.24) is 10.3 Å². The number of nitrogens with one attached hydrogen (secondary N) is 1. The van der Waals surface area contributed by atoms with Crippen LogP contribution in [-0.2, 0) is 12.2 Å². The van der Waals surface area contributed by atoms with Crippen LogP contribution in [0.2, 0.25) is 0 Å². The predicted molar refractivity (Wildman–Crippen MR) is 116 cm³/mol. The second-order valence-corrected chi connectivity index (χ2v) is 7.40. The summed E-state index contributed by atoms with van der Waals surface area (Å²) < 4.78 is 24.4. The fourth-order valence-electron chi connectivity index (χ4n) is 2.89. The summed E-state index contributed by atoms with van der Waals surface area (Å²) >= 11 is 1.34. The van der Waals surface area contributed by atoms with E-state index in [-0.39, 0.29) is 11.7 Å². The Labute approximate surface area is 179 Å². The molecule has 3 rings (SSSR count). The molecule has 2 aromatic carbocycles. The van der Waals surface area contributed by atoms with Gasteiger partial charge in [-0.25, -0.2) is 9.37 Å². The largest absolute Gasteiger partial charge is 0.493 e. The van der Waals surface area contributed by atoms with E-state index in [2.05, 4.69) is 10.3 Å². The van der Waals surface area contributed by atoms with Crippen LogP contribution in [0.3, 0.4) is 0 Å². The van der Waals surface area contributed by atoms with Crippen LogP contribution in [0.15, 0.2) is 65.8 Å². The molecular weight excluding hydrogens is 403 g/mol. The molecule has 1 amide bonds. The Hall–Kier alpha value is -3.06. The lowest BCUT2D eigenvalue weighted by Crippen LogP contribution is -2.26. The topological polar surface area (TPSA) is 60.5 Å². The Bertz CT molecular complexity index is 1010. The van der Waals surface area contributed by atoms with Crippen molar-refractivity contribution in [3.05, 3.63) is 83.3 Å². The molecule has 3 aromatic rings. The van der Waals surface area contributed by atoms with Crippen LogP contribution in [-0.4, -0.2) is 31.7 Å². The molecule has 0 fully saturated rings. The molecule has 7 heteroatoms. The maximum Gasteiger partial charge on any atom is 0.254 e. The Kier molecular flexibility index (Phi) is 7.68. The highest BCUT2D eigenvalue weighted by molar-refractivity contribution is 7.98. The number of carbonyl (C=O) groups is 1. The van der Waals surface area contributed by atoms with Crippen LogP contribution >= 0.6 is 11.8 Å². The van der Waals surface area contributed by atoms with Gasteiger partial charge in [0.1, 0.15) is 10.8 Å². The first kappa shape index (κ1) is 21.6. The van der Waals surface area contributed by atoms with Gasteiger partial charge in [-0.05, 0) is 47.9 Å². The number of benzene rings is 2. The fraction of sp³-hybridized carbons (Fsp3) is 0.217. The van der Waals surface area contributed by atoms with Crippen molar-refractivity contribution >= 4 is 17.7 Å². The second kappa shape index (κ2) is 10.6. The second-order valence-electron chi connectivity index (χ2n) is 6.43. The fourth-order valence-corrected chi connectivity index (χ4v) is 3.87. The number of rotatable bonds is 9. The molecule has 1 N–H and O–H groups in total. The van der Waals surface area contributed by atoms with Gasteiger partial charge in [-0.1, -0.05) is 24.3 Å². The SMILES string of the molecule is COc1ccc(CCNC(=O)c2cccnc2SCc2ccccc2F)cc1OC. The summed E-state index contributed by atoms with van der Waals surface area (Å²) in [6, 6.07) is 15.7. The van der Waals surface area contributed by atoms with Crippen molar-refractivity contribution < 1.29 is 18.7 Å². The zero-order valence-corrected chi connectivity index (χ0v) is 17.7. The van der Waals surface area contributed by atoms with E-state index in [1.165, 1.54) is 17.8 Å². The lowest BCUT2D eigenvalue weighted by Gasteiger charge is -2.11. The first-order valence-corrected chi connectivity index (χ1v) is 10.4. The van der Waals surface area contributed by atoms with E-state index in [0.717, 1.165) is 5.56 Å². The number of nitrogens with zero attached hydrogens (tertiary/aromatic N) is 1. The molecule has 0 unspecified atom stereocenters. The number of amides is 1. The molecule has 0 radical (unpaired) electrons. The summed E-state index contributed by atoms with van der Waals surface area (Å²) in [6.45, 7) is 0.459. The average molecular weight is 427 g/mol. The van der Waals surface area contributed by atoms with Crippen molar-refractivity contribution in [2.45, 2.75) is 17.2 Å². The number of aromatic nitrogens is 1. The van der Waals surface area contributed by atoms with Crippen molar-refractivity contribution in [1.29, 1.82) is 0 Å². The minimum absolute atomic E-state index is 0.209. The summed E-state index contributed by atoms with van der Waals surface area (Å²) in [5.74, 6) is 1.24. The number of hydrogen-bond donors (Lipinski definition) is 1. The van der Waals surface area contributed by atoms with E-state index in [1.54, 1.807) is 50.7 Å². The standard InChI is InChI=1S/C23H23FN2O3S/c1-28-20-10-9-16(14-21(20)29-2)11-13-25-22(27)18-7-5-12-26-23(18)30-15-17-6-3-4-8-19(17)24/h3-10,12,14H,11,13,15H2,1-2H3,(H,25,27). The number of thioether (sulfide) groups is 1. The summed E-state index contributed by atoms with van der Waals surface area (Å²) in [5.41, 5.74) is 2.08. The lowest BCUT2D eigenvalue weighted by molar-refractivity contribution is 0.0950. The Morgan fingerprint density at radius 3 is 2.63 bits per heavy atom. The van der Waals surface area contributed by atoms with Crippen molar-refractivity contribution in [2.75, 3.05) is 20.8 Å². The van der Waals surface area contributed by atoms with Gasteiger partial charge < -0.3 is 14.8 Å². The van der Waals surface area contributed by atoms with Gasteiger partial charge in [0, 0.05) is 18.5 Å². The molecule has 0 aliphatic carbocycles. The van der Waals surface area contributed by atoms with Crippen LogP contribution in [0.1, 0.15) is 21.5 Å². The first-order valence-electron chi connectivity index (χ1n) is 9.42. The molecule has 0 saturated heterocycles. The maximum atomic E-state index is 13.9. The Morgan fingerprint density at radius 1 is 1.07 bits per heavy atom. The molecule has 1 aromatic heterocycles.